The molecule has 0 aromatic heterocycles. The summed E-state index contributed by atoms with van der Waals surface area (Å²) in [6.45, 7) is 6.00. The third-order valence-corrected chi connectivity index (χ3v) is 7.58. The summed E-state index contributed by atoms with van der Waals surface area (Å²) in [5.41, 5.74) is 2.43. The molecule has 4 bridgehead atoms. The van der Waals surface area contributed by atoms with E-state index in [1.165, 1.54) is 32.1 Å². The van der Waals surface area contributed by atoms with Crippen LogP contribution < -0.4 is 5.32 Å². The zero-order valence-electron chi connectivity index (χ0n) is 17.3. The lowest BCUT2D eigenvalue weighted by Gasteiger charge is -2.54. The van der Waals surface area contributed by atoms with Crippen molar-refractivity contribution in [2.75, 3.05) is 0 Å². The summed E-state index contributed by atoms with van der Waals surface area (Å²) in [4.78, 5) is 24.3. The molecule has 4 aliphatic carbocycles. The molecular weight excluding hydrogens is 350 g/mol. The summed E-state index contributed by atoms with van der Waals surface area (Å²) in [5, 5.41) is 12.4. The van der Waals surface area contributed by atoms with Crippen molar-refractivity contribution in [1.29, 1.82) is 0 Å². The highest BCUT2D eigenvalue weighted by molar-refractivity contribution is 5.87. The Morgan fingerprint density at radius 1 is 1.04 bits per heavy atom. The van der Waals surface area contributed by atoms with E-state index in [0.29, 0.717) is 24.3 Å². The van der Waals surface area contributed by atoms with Crippen LogP contribution in [0, 0.1) is 30.6 Å². The number of carboxylic acids is 1. The minimum absolute atomic E-state index is 0.111. The number of aliphatic carboxylic acids is 1. The Morgan fingerprint density at radius 2 is 1.64 bits per heavy atom. The molecule has 0 unspecified atom stereocenters. The quantitative estimate of drug-likeness (QED) is 0.772. The average molecular weight is 384 g/mol. The number of hydrogen-bond donors (Lipinski definition) is 2. The van der Waals surface area contributed by atoms with Crippen molar-refractivity contribution in [1.82, 2.24) is 5.32 Å². The van der Waals surface area contributed by atoms with E-state index in [1.807, 2.05) is 32.9 Å². The molecule has 1 amide bonds. The smallest absolute Gasteiger partial charge is 0.303 e. The van der Waals surface area contributed by atoms with Gasteiger partial charge in [0.2, 0.25) is 5.91 Å². The monoisotopic (exact) mass is 383 g/mol. The number of carbonyl (C=O) groups excluding carboxylic acids is 1. The van der Waals surface area contributed by atoms with Gasteiger partial charge in [0.25, 0.3) is 0 Å². The molecule has 0 spiro atoms. The molecular formula is C24H33NO3. The maximum atomic E-state index is 13.3. The van der Waals surface area contributed by atoms with Crippen LogP contribution in [0.15, 0.2) is 18.2 Å². The van der Waals surface area contributed by atoms with E-state index in [1.54, 1.807) is 0 Å². The number of carboxylic acid groups (broad SMARTS) is 1. The van der Waals surface area contributed by atoms with Gasteiger partial charge in [-0.2, -0.15) is 0 Å². The lowest BCUT2D eigenvalue weighted by atomic mass is 9.54. The fourth-order valence-electron chi connectivity index (χ4n) is 6.24. The second kappa shape index (κ2) is 7.20. The summed E-state index contributed by atoms with van der Waals surface area (Å²) in [6.07, 6.45) is 7.21. The fourth-order valence-corrected chi connectivity index (χ4v) is 6.24. The Bertz CT molecular complexity index is 754. The van der Waals surface area contributed by atoms with Gasteiger partial charge in [0.1, 0.15) is 0 Å². The van der Waals surface area contributed by atoms with Crippen molar-refractivity contribution in [3.8, 4) is 0 Å². The van der Waals surface area contributed by atoms with E-state index in [2.05, 4.69) is 11.4 Å². The number of amides is 1. The first-order chi connectivity index (χ1) is 13.2. The molecule has 0 radical (unpaired) electrons. The van der Waals surface area contributed by atoms with Crippen LogP contribution in [0.5, 0.6) is 0 Å². The van der Waals surface area contributed by atoms with Gasteiger partial charge < -0.3 is 10.4 Å². The molecule has 4 heteroatoms. The van der Waals surface area contributed by atoms with E-state index >= 15 is 0 Å². The molecule has 4 fully saturated rings. The normalized spacial score (nSPS) is 31.0. The second-order valence-corrected chi connectivity index (χ2v) is 10.2. The molecule has 0 aliphatic heterocycles. The average Bonchev–Trinajstić information content (AvgIpc) is 2.61. The molecule has 2 N–H and O–H groups in total. The van der Waals surface area contributed by atoms with Crippen LogP contribution in [-0.2, 0) is 21.4 Å². The molecule has 5 rings (SSSR count). The van der Waals surface area contributed by atoms with Crippen LogP contribution in [0.1, 0.15) is 69.1 Å². The zero-order chi connectivity index (χ0) is 20.1. The van der Waals surface area contributed by atoms with Crippen LogP contribution >= 0.6 is 0 Å². The van der Waals surface area contributed by atoms with Crippen molar-refractivity contribution >= 4 is 11.9 Å². The number of carbonyl (C=O) groups is 2. The van der Waals surface area contributed by atoms with Crippen LogP contribution in [0.3, 0.4) is 0 Å². The number of rotatable bonds is 6. The third kappa shape index (κ3) is 3.70. The number of aryl methyl sites for hydroxylation is 2. The summed E-state index contributed by atoms with van der Waals surface area (Å²) in [6, 6.07) is 6.46. The second-order valence-electron chi connectivity index (χ2n) is 10.2. The van der Waals surface area contributed by atoms with Crippen LogP contribution in [0.4, 0.5) is 0 Å². The minimum Gasteiger partial charge on any atom is -0.481 e. The lowest BCUT2D eigenvalue weighted by Crippen LogP contribution is -2.58. The summed E-state index contributed by atoms with van der Waals surface area (Å²) in [7, 11) is 0. The Balaban J connectivity index is 1.50. The summed E-state index contributed by atoms with van der Waals surface area (Å²) >= 11 is 0. The highest BCUT2D eigenvalue weighted by Crippen LogP contribution is 2.53. The van der Waals surface area contributed by atoms with Crippen LogP contribution in [0.25, 0.3) is 0 Å². The summed E-state index contributed by atoms with van der Waals surface area (Å²) < 4.78 is 0. The summed E-state index contributed by atoms with van der Waals surface area (Å²) in [5.74, 6) is 2.45. The lowest BCUT2D eigenvalue weighted by molar-refractivity contribution is -0.137. The van der Waals surface area contributed by atoms with Gasteiger partial charge in [0.05, 0.1) is 5.41 Å². The maximum Gasteiger partial charge on any atom is 0.303 e. The van der Waals surface area contributed by atoms with Gasteiger partial charge >= 0.3 is 5.97 Å². The molecule has 0 heterocycles. The highest BCUT2D eigenvalue weighted by atomic mass is 16.4. The van der Waals surface area contributed by atoms with Crippen molar-refractivity contribution < 1.29 is 14.7 Å². The van der Waals surface area contributed by atoms with Gasteiger partial charge in [-0.3, -0.25) is 9.59 Å². The predicted octanol–water partition coefficient (Wildman–Crippen LogP) is 4.23. The van der Waals surface area contributed by atoms with E-state index in [-0.39, 0.29) is 12.3 Å². The molecule has 152 valence electrons. The van der Waals surface area contributed by atoms with Crippen molar-refractivity contribution in [2.45, 2.75) is 77.2 Å². The van der Waals surface area contributed by atoms with Gasteiger partial charge in [0.15, 0.2) is 0 Å². The van der Waals surface area contributed by atoms with E-state index in [9.17, 15) is 9.59 Å². The Hall–Kier alpha value is -1.84. The molecule has 4 saturated carbocycles. The predicted molar refractivity (Wildman–Crippen MR) is 109 cm³/mol. The van der Waals surface area contributed by atoms with Gasteiger partial charge in [-0.1, -0.05) is 23.8 Å². The van der Waals surface area contributed by atoms with E-state index < -0.39 is 11.4 Å². The molecule has 0 saturated heterocycles. The SMILES string of the molecule is Cc1cc(CCC(=O)O)cc(C(C)(C)C(=O)NC2C3CC4CC(C3)CC2C4)c1. The zero-order valence-corrected chi connectivity index (χ0v) is 17.3. The maximum absolute atomic E-state index is 13.3. The van der Waals surface area contributed by atoms with Gasteiger partial charge in [-0.05, 0) is 94.1 Å². The Morgan fingerprint density at radius 3 is 2.21 bits per heavy atom. The molecule has 1 aromatic rings. The van der Waals surface area contributed by atoms with Crippen LogP contribution in [-0.4, -0.2) is 23.0 Å². The third-order valence-electron chi connectivity index (χ3n) is 7.58. The number of benzene rings is 1. The first kappa shape index (κ1) is 19.5. The fraction of sp³-hybridized carbons (Fsp3) is 0.667. The molecule has 4 nitrogen and oxygen atoms in total. The standard InChI is InChI=1S/C24H33NO3/c1-14-6-15(4-5-21(26)27)13-20(7-14)24(2,3)23(28)25-22-18-9-16-8-17(11-18)12-19(22)10-16/h6-7,13,16-19,22H,4-5,8-12H2,1-3H3,(H,25,28)(H,26,27). The highest BCUT2D eigenvalue weighted by Gasteiger charge is 2.49. The van der Waals surface area contributed by atoms with E-state index in [4.69, 9.17) is 5.11 Å². The topological polar surface area (TPSA) is 66.4 Å². The Labute approximate surface area is 168 Å². The molecule has 28 heavy (non-hydrogen) atoms. The molecule has 4 aliphatic rings. The minimum atomic E-state index is -0.790. The van der Waals surface area contributed by atoms with E-state index in [0.717, 1.165) is 28.5 Å². The van der Waals surface area contributed by atoms with Crippen molar-refractivity contribution in [3.63, 3.8) is 0 Å². The first-order valence-corrected chi connectivity index (χ1v) is 10.9. The van der Waals surface area contributed by atoms with Crippen molar-refractivity contribution in [3.05, 3.63) is 34.9 Å². The Kier molecular flexibility index (Phi) is 5.01. The van der Waals surface area contributed by atoms with Gasteiger partial charge in [-0.15, -0.1) is 0 Å². The molecule has 1 aromatic carbocycles. The largest absolute Gasteiger partial charge is 0.481 e. The first-order valence-electron chi connectivity index (χ1n) is 10.9. The van der Waals surface area contributed by atoms with Crippen LogP contribution in [0.2, 0.25) is 0 Å². The number of nitrogens with one attached hydrogen (secondary N) is 1. The number of hydrogen-bond acceptors (Lipinski definition) is 2. The molecule has 0 atom stereocenters. The van der Waals surface area contributed by atoms with Gasteiger partial charge in [-0.25, -0.2) is 0 Å². The van der Waals surface area contributed by atoms with Gasteiger partial charge in [0, 0.05) is 12.5 Å². The van der Waals surface area contributed by atoms with Crippen molar-refractivity contribution in [2.24, 2.45) is 23.7 Å².